The Morgan fingerprint density at radius 3 is 2.17 bits per heavy atom. The number of fused-ring (bicyclic) bond motifs is 1. The molecule has 40 heavy (non-hydrogen) atoms. The number of likely N-dealkylation sites (N-methyl/N-ethyl adjacent to an activating group) is 2. The Balaban J connectivity index is 2.50. The number of hydrogen-bond acceptors (Lipinski definition) is 7. The molecule has 2 saturated heterocycles. The van der Waals surface area contributed by atoms with E-state index in [4.69, 9.17) is 4.74 Å². The van der Waals surface area contributed by atoms with Gasteiger partial charge in [-0.25, -0.2) is 0 Å². The molecule has 2 N–H and O–H groups in total. The van der Waals surface area contributed by atoms with Crippen molar-refractivity contribution in [2.24, 2.45) is 11.8 Å². The molecule has 0 aromatic rings. The highest BCUT2D eigenvalue weighted by atomic mass is 16.5. The normalized spacial score (nSPS) is 28.5. The van der Waals surface area contributed by atoms with Crippen molar-refractivity contribution in [3.05, 3.63) is 12.7 Å². The summed E-state index contributed by atoms with van der Waals surface area (Å²) >= 11 is 0. The first kappa shape index (κ1) is 32.8. The van der Waals surface area contributed by atoms with Crippen LogP contribution in [0.1, 0.15) is 60.3 Å². The number of nitrogens with one attached hydrogen (secondary N) is 2. The molecular weight excluding hydrogens is 518 g/mol. The Morgan fingerprint density at radius 2 is 1.60 bits per heavy atom. The zero-order chi connectivity index (χ0) is 30.3. The molecule has 12 nitrogen and oxygen atoms in total. The molecule has 0 aromatic carbocycles. The van der Waals surface area contributed by atoms with Crippen molar-refractivity contribution in [3.63, 3.8) is 0 Å². The number of cyclic esters (lactones) is 1. The number of carbonyl (C=O) groups excluding carboxylic acids is 6. The standard InChI is InChI=1S/C28H45N5O7/c1-9-11-20-26(37)33-15-10-12-19(33)25(36)30-22(16(2)3)27(38)32(8)23(17(4)5)28(39)31(7)18(6)24(35)29-14-13-21(34)40-20/h9,16-20,22-23H,1,10-15H2,2-8H3,(H,29,35)(H,30,36)/t18?,19-,20+,22?,23?/m0/s1. The average Bonchev–Trinajstić information content (AvgIpc) is 3.38. The molecule has 12 heteroatoms. The van der Waals surface area contributed by atoms with Gasteiger partial charge in [-0.15, -0.1) is 6.58 Å². The number of esters is 1. The number of hydrogen-bond donors (Lipinski definition) is 2. The highest BCUT2D eigenvalue weighted by Crippen LogP contribution is 2.22. The van der Waals surface area contributed by atoms with Gasteiger partial charge in [-0.3, -0.25) is 28.8 Å². The summed E-state index contributed by atoms with van der Waals surface area (Å²) in [6.07, 6.45) is 1.12. The van der Waals surface area contributed by atoms with Gasteiger partial charge in [0.05, 0.1) is 6.42 Å². The zero-order valence-corrected chi connectivity index (χ0v) is 24.8. The van der Waals surface area contributed by atoms with E-state index in [0.29, 0.717) is 19.4 Å². The molecule has 5 atom stereocenters. The first-order chi connectivity index (χ1) is 18.7. The molecule has 3 unspecified atom stereocenters. The number of rotatable bonds is 4. The summed E-state index contributed by atoms with van der Waals surface area (Å²) < 4.78 is 5.43. The van der Waals surface area contributed by atoms with Crippen LogP contribution >= 0.6 is 0 Å². The minimum absolute atomic E-state index is 0.0558. The first-order valence-electron chi connectivity index (χ1n) is 13.9. The summed E-state index contributed by atoms with van der Waals surface area (Å²) in [5.74, 6) is -3.67. The van der Waals surface area contributed by atoms with E-state index < -0.39 is 65.8 Å². The lowest BCUT2D eigenvalue weighted by atomic mass is 9.97. The predicted octanol–water partition coefficient (Wildman–Crippen LogP) is 0.456. The smallest absolute Gasteiger partial charge is 0.308 e. The molecule has 2 heterocycles. The van der Waals surface area contributed by atoms with Gasteiger partial charge in [-0.1, -0.05) is 33.8 Å². The molecule has 2 fully saturated rings. The van der Waals surface area contributed by atoms with Crippen LogP contribution in [0, 0.1) is 11.8 Å². The fraction of sp³-hybridized carbons (Fsp3) is 0.714. The first-order valence-corrected chi connectivity index (χ1v) is 13.9. The van der Waals surface area contributed by atoms with Crippen LogP contribution in [0.5, 0.6) is 0 Å². The second-order valence-corrected chi connectivity index (χ2v) is 11.2. The Kier molecular flexibility index (Phi) is 11.7. The maximum absolute atomic E-state index is 13.7. The van der Waals surface area contributed by atoms with E-state index in [1.165, 1.54) is 34.9 Å². The number of carbonyl (C=O) groups is 6. The van der Waals surface area contributed by atoms with Gasteiger partial charge in [0.25, 0.3) is 5.91 Å². The highest BCUT2D eigenvalue weighted by Gasteiger charge is 2.42. The summed E-state index contributed by atoms with van der Waals surface area (Å²) in [5.41, 5.74) is 0. The van der Waals surface area contributed by atoms with Crippen molar-refractivity contribution in [2.75, 3.05) is 27.2 Å². The lowest BCUT2D eigenvalue weighted by Crippen LogP contribution is -2.60. The van der Waals surface area contributed by atoms with Crippen molar-refractivity contribution in [1.29, 1.82) is 0 Å². The van der Waals surface area contributed by atoms with Crippen molar-refractivity contribution in [2.45, 2.75) is 90.6 Å². The van der Waals surface area contributed by atoms with Gasteiger partial charge in [0.15, 0.2) is 6.10 Å². The van der Waals surface area contributed by atoms with Crippen LogP contribution in [-0.4, -0.2) is 108 Å². The summed E-state index contributed by atoms with van der Waals surface area (Å²) in [4.78, 5) is 83.5. The minimum Gasteiger partial charge on any atom is -0.452 e. The molecular formula is C28H45N5O7. The fourth-order valence-electron chi connectivity index (χ4n) is 5.08. The minimum atomic E-state index is -1.17. The van der Waals surface area contributed by atoms with Gasteiger partial charge in [0, 0.05) is 33.6 Å². The van der Waals surface area contributed by atoms with Gasteiger partial charge in [-0.2, -0.15) is 0 Å². The van der Waals surface area contributed by atoms with E-state index in [-0.39, 0.29) is 31.2 Å². The Labute approximate surface area is 236 Å². The van der Waals surface area contributed by atoms with Gasteiger partial charge in [-0.05, 0) is 31.6 Å². The molecule has 0 spiro atoms. The summed E-state index contributed by atoms with van der Waals surface area (Å²) in [6.45, 7) is 12.6. The zero-order valence-electron chi connectivity index (χ0n) is 24.8. The van der Waals surface area contributed by atoms with E-state index in [1.54, 1.807) is 34.6 Å². The SMILES string of the molecule is C=CC[C@H]1OC(=O)CCNC(=O)C(C)N(C)C(=O)C(C(C)C)N(C)C(=O)C(C(C)C)NC(=O)[C@@H]2CCCN2C1=O. The maximum Gasteiger partial charge on any atom is 0.308 e. The third-order valence-corrected chi connectivity index (χ3v) is 7.58. The second kappa shape index (κ2) is 14.3. The summed E-state index contributed by atoms with van der Waals surface area (Å²) in [6, 6.07) is -3.59. The molecule has 2 rings (SSSR count). The van der Waals surface area contributed by atoms with Crippen molar-refractivity contribution in [3.8, 4) is 0 Å². The van der Waals surface area contributed by atoms with E-state index in [9.17, 15) is 28.8 Å². The van der Waals surface area contributed by atoms with Crippen molar-refractivity contribution in [1.82, 2.24) is 25.3 Å². The van der Waals surface area contributed by atoms with Gasteiger partial charge in [0.2, 0.25) is 23.6 Å². The molecule has 0 radical (unpaired) electrons. The van der Waals surface area contributed by atoms with Gasteiger partial charge in [0.1, 0.15) is 24.2 Å². The third kappa shape index (κ3) is 7.60. The fourth-order valence-corrected chi connectivity index (χ4v) is 5.08. The lowest BCUT2D eigenvalue weighted by molar-refractivity contribution is -0.161. The van der Waals surface area contributed by atoms with Crippen LogP contribution in [0.2, 0.25) is 0 Å². The summed E-state index contributed by atoms with van der Waals surface area (Å²) in [5, 5.41) is 5.45. The third-order valence-electron chi connectivity index (χ3n) is 7.58. The van der Waals surface area contributed by atoms with Crippen LogP contribution in [0.25, 0.3) is 0 Å². The molecule has 5 amide bonds. The van der Waals surface area contributed by atoms with E-state index in [0.717, 1.165) is 0 Å². The largest absolute Gasteiger partial charge is 0.452 e. The van der Waals surface area contributed by atoms with E-state index in [1.807, 2.05) is 0 Å². The summed E-state index contributed by atoms with van der Waals surface area (Å²) in [7, 11) is 3.00. The Morgan fingerprint density at radius 1 is 0.950 bits per heavy atom. The second-order valence-electron chi connectivity index (χ2n) is 11.2. The van der Waals surface area contributed by atoms with Crippen molar-refractivity contribution >= 4 is 35.5 Å². The number of ether oxygens (including phenoxy) is 1. The predicted molar refractivity (Wildman–Crippen MR) is 147 cm³/mol. The molecule has 224 valence electrons. The average molecular weight is 564 g/mol. The highest BCUT2D eigenvalue weighted by molar-refractivity contribution is 5.96. The van der Waals surface area contributed by atoms with Gasteiger partial charge >= 0.3 is 5.97 Å². The maximum atomic E-state index is 13.7. The van der Waals surface area contributed by atoms with Crippen LogP contribution in [-0.2, 0) is 33.5 Å². The van der Waals surface area contributed by atoms with Crippen LogP contribution in [0.4, 0.5) is 0 Å². The van der Waals surface area contributed by atoms with E-state index >= 15 is 0 Å². The van der Waals surface area contributed by atoms with Crippen LogP contribution < -0.4 is 10.6 Å². The van der Waals surface area contributed by atoms with Crippen molar-refractivity contribution < 1.29 is 33.5 Å². The Hall–Kier alpha value is -3.44. The monoisotopic (exact) mass is 563 g/mol. The Bertz CT molecular complexity index is 998. The number of amides is 5. The molecule has 0 aromatic heterocycles. The molecule has 0 aliphatic carbocycles. The topological polar surface area (TPSA) is 145 Å². The van der Waals surface area contributed by atoms with Gasteiger partial charge < -0.3 is 30.1 Å². The molecule has 2 aliphatic heterocycles. The van der Waals surface area contributed by atoms with E-state index in [2.05, 4.69) is 17.2 Å². The lowest BCUT2D eigenvalue weighted by Gasteiger charge is -2.37. The molecule has 2 aliphatic rings. The molecule has 0 bridgehead atoms. The van der Waals surface area contributed by atoms with Crippen LogP contribution in [0.3, 0.4) is 0 Å². The quantitative estimate of drug-likeness (QED) is 0.373. The molecule has 0 saturated carbocycles. The number of nitrogens with zero attached hydrogens (tertiary/aromatic N) is 3. The van der Waals surface area contributed by atoms with Crippen LogP contribution in [0.15, 0.2) is 12.7 Å².